The van der Waals surface area contributed by atoms with Crippen LogP contribution >= 0.6 is 11.8 Å². The van der Waals surface area contributed by atoms with Crippen molar-refractivity contribution in [2.45, 2.75) is 23.9 Å². The molecule has 0 amide bonds. The molecule has 3 heterocycles. The topological polar surface area (TPSA) is 74.3 Å². The zero-order chi connectivity index (χ0) is 21.2. The van der Waals surface area contributed by atoms with Gasteiger partial charge < -0.3 is 4.74 Å². The van der Waals surface area contributed by atoms with Crippen molar-refractivity contribution in [1.29, 1.82) is 0 Å². The van der Waals surface area contributed by atoms with Crippen molar-refractivity contribution in [3.8, 4) is 0 Å². The van der Waals surface area contributed by atoms with Crippen LogP contribution in [-0.4, -0.2) is 37.9 Å². The summed E-state index contributed by atoms with van der Waals surface area (Å²) in [6, 6.07) is 17.8. The van der Waals surface area contributed by atoms with Crippen molar-refractivity contribution in [2.75, 3.05) is 13.7 Å². The molecule has 3 aromatic heterocycles. The highest BCUT2D eigenvalue weighted by Gasteiger charge is 2.17. The highest BCUT2D eigenvalue weighted by Crippen LogP contribution is 2.27. The van der Waals surface area contributed by atoms with Crippen molar-refractivity contribution < 1.29 is 4.74 Å². The van der Waals surface area contributed by atoms with E-state index in [0.717, 1.165) is 33.6 Å². The molecule has 0 spiro atoms. The Morgan fingerprint density at radius 3 is 2.81 bits per heavy atom. The van der Waals surface area contributed by atoms with Crippen molar-refractivity contribution in [3.05, 3.63) is 76.7 Å². The number of thioether (sulfide) groups is 1. The predicted molar refractivity (Wildman–Crippen MR) is 123 cm³/mol. The molecule has 0 saturated carbocycles. The average molecular weight is 432 g/mol. The van der Waals surface area contributed by atoms with Crippen LogP contribution in [0.2, 0.25) is 0 Å². The number of benzene rings is 2. The van der Waals surface area contributed by atoms with E-state index in [1.165, 1.54) is 0 Å². The number of aromatic nitrogens is 5. The maximum Gasteiger partial charge on any atom is 0.262 e. The number of pyridine rings is 1. The number of rotatable bonds is 7. The second kappa shape index (κ2) is 8.49. The van der Waals surface area contributed by atoms with Gasteiger partial charge in [-0.3, -0.25) is 18.7 Å². The number of para-hydroxylation sites is 2. The van der Waals surface area contributed by atoms with E-state index in [2.05, 4.69) is 33.4 Å². The fourth-order valence-electron chi connectivity index (χ4n) is 3.82. The second-order valence-corrected chi connectivity index (χ2v) is 8.16. The summed E-state index contributed by atoms with van der Waals surface area (Å²) < 4.78 is 8.83. The average Bonchev–Trinajstić information content (AvgIpc) is 3.24. The molecule has 0 N–H and O–H groups in total. The summed E-state index contributed by atoms with van der Waals surface area (Å²) in [5.41, 5.74) is 2.89. The molecule has 0 aliphatic rings. The Kier molecular flexibility index (Phi) is 5.40. The lowest BCUT2D eigenvalue weighted by atomic mass is 10.1. The first-order chi connectivity index (χ1) is 15.3. The summed E-state index contributed by atoms with van der Waals surface area (Å²) in [7, 11) is 1.66. The molecule has 0 saturated heterocycles. The van der Waals surface area contributed by atoms with Gasteiger partial charge in [0.1, 0.15) is 0 Å². The molecular formula is C23H21N5O2S. The van der Waals surface area contributed by atoms with Gasteiger partial charge >= 0.3 is 0 Å². The minimum atomic E-state index is -0.0543. The van der Waals surface area contributed by atoms with E-state index in [4.69, 9.17) is 4.74 Å². The molecule has 0 unspecified atom stereocenters. The summed E-state index contributed by atoms with van der Waals surface area (Å²) >= 11 is 1.59. The van der Waals surface area contributed by atoms with Gasteiger partial charge in [-0.05, 0) is 30.2 Å². The van der Waals surface area contributed by atoms with Crippen LogP contribution in [0.3, 0.4) is 0 Å². The molecule has 7 nitrogen and oxygen atoms in total. The van der Waals surface area contributed by atoms with E-state index in [-0.39, 0.29) is 5.56 Å². The van der Waals surface area contributed by atoms with Gasteiger partial charge in [0.05, 0.1) is 16.4 Å². The molecular weight excluding hydrogens is 410 g/mol. The van der Waals surface area contributed by atoms with Crippen LogP contribution in [0.15, 0.2) is 70.7 Å². The van der Waals surface area contributed by atoms with Gasteiger partial charge in [-0.1, -0.05) is 48.2 Å². The van der Waals surface area contributed by atoms with E-state index < -0.39 is 0 Å². The van der Waals surface area contributed by atoms with Crippen LogP contribution in [-0.2, 0) is 17.0 Å². The van der Waals surface area contributed by atoms with Gasteiger partial charge in [-0.2, -0.15) is 0 Å². The first kappa shape index (κ1) is 19.7. The summed E-state index contributed by atoms with van der Waals surface area (Å²) in [6.07, 6.45) is 2.54. The van der Waals surface area contributed by atoms with Gasteiger partial charge in [-0.15, -0.1) is 10.2 Å². The Morgan fingerprint density at radius 2 is 1.90 bits per heavy atom. The first-order valence-electron chi connectivity index (χ1n) is 10.1. The van der Waals surface area contributed by atoms with Gasteiger partial charge in [0.25, 0.3) is 5.56 Å². The van der Waals surface area contributed by atoms with Gasteiger partial charge in [-0.25, -0.2) is 0 Å². The largest absolute Gasteiger partial charge is 0.385 e. The number of ether oxygens (including phenoxy) is 1. The summed E-state index contributed by atoms with van der Waals surface area (Å²) in [5.74, 6) is 1.25. The van der Waals surface area contributed by atoms with Gasteiger partial charge in [0.2, 0.25) is 5.78 Å². The fraction of sp³-hybridized carbons (Fsp3) is 0.217. The number of fused-ring (bicyclic) bond motifs is 4. The van der Waals surface area contributed by atoms with Crippen molar-refractivity contribution >= 4 is 39.3 Å². The lowest BCUT2D eigenvalue weighted by molar-refractivity contribution is 0.190. The maximum atomic E-state index is 13.1. The zero-order valence-electron chi connectivity index (χ0n) is 17.1. The Hall–Kier alpha value is -3.23. The summed E-state index contributed by atoms with van der Waals surface area (Å²) in [6.45, 7) is 1.10. The first-order valence-corrected chi connectivity index (χ1v) is 11.1. The number of aryl methyl sites for hydroxylation is 1. The molecule has 0 bridgehead atoms. The molecule has 5 rings (SSSR count). The summed E-state index contributed by atoms with van der Waals surface area (Å²) in [4.78, 5) is 17.6. The smallest absolute Gasteiger partial charge is 0.262 e. The number of hydrogen-bond donors (Lipinski definition) is 0. The lowest BCUT2D eigenvalue weighted by Crippen LogP contribution is -2.24. The second-order valence-electron chi connectivity index (χ2n) is 7.22. The van der Waals surface area contributed by atoms with Crippen molar-refractivity contribution in [3.63, 3.8) is 0 Å². The van der Waals surface area contributed by atoms with Crippen LogP contribution < -0.4 is 5.56 Å². The van der Waals surface area contributed by atoms with E-state index in [0.29, 0.717) is 30.1 Å². The standard InChI is InChI=1S/C23H21N5O2S/c1-30-14-6-13-27-21(29)18-10-2-3-11-19(18)28-22(27)25-26-23(28)31-15-17-8-4-7-16-9-5-12-24-20(16)17/h2-5,7-12H,6,13-15H2,1H3. The van der Waals surface area contributed by atoms with Crippen molar-refractivity contribution in [1.82, 2.24) is 24.1 Å². The third kappa shape index (κ3) is 3.58. The summed E-state index contributed by atoms with van der Waals surface area (Å²) in [5, 5.41) is 11.3. The SMILES string of the molecule is COCCCn1c(=O)c2ccccc2n2c(SCc3cccc4cccnc34)nnc12. The zero-order valence-corrected chi connectivity index (χ0v) is 17.9. The third-order valence-electron chi connectivity index (χ3n) is 5.28. The molecule has 8 heteroatoms. The predicted octanol–water partition coefficient (Wildman–Crippen LogP) is 3.92. The fourth-order valence-corrected chi connectivity index (χ4v) is 4.75. The Bertz CT molecular complexity index is 1440. The van der Waals surface area contributed by atoms with Crippen molar-refractivity contribution in [2.24, 2.45) is 0 Å². The molecule has 156 valence electrons. The monoisotopic (exact) mass is 431 g/mol. The molecule has 2 aromatic carbocycles. The van der Waals surface area contributed by atoms with E-state index in [9.17, 15) is 4.79 Å². The lowest BCUT2D eigenvalue weighted by Gasteiger charge is -2.11. The highest BCUT2D eigenvalue weighted by atomic mass is 32.2. The van der Waals surface area contributed by atoms with Crippen LogP contribution in [0.4, 0.5) is 0 Å². The molecule has 5 aromatic rings. The number of nitrogens with zero attached hydrogens (tertiary/aromatic N) is 5. The van der Waals surface area contributed by atoms with Crippen LogP contribution in [0.5, 0.6) is 0 Å². The van der Waals surface area contributed by atoms with Gasteiger partial charge in [0.15, 0.2) is 5.16 Å². The van der Waals surface area contributed by atoms with E-state index in [1.54, 1.807) is 23.4 Å². The molecule has 0 aliphatic carbocycles. The maximum absolute atomic E-state index is 13.1. The minimum absolute atomic E-state index is 0.0543. The normalized spacial score (nSPS) is 11.6. The van der Waals surface area contributed by atoms with Gasteiger partial charge in [0, 0.05) is 37.6 Å². The molecule has 0 aliphatic heterocycles. The number of hydrogen-bond acceptors (Lipinski definition) is 6. The molecule has 0 atom stereocenters. The Morgan fingerprint density at radius 1 is 1.03 bits per heavy atom. The van der Waals surface area contributed by atoms with Crippen LogP contribution in [0.25, 0.3) is 27.6 Å². The van der Waals surface area contributed by atoms with E-state index >= 15 is 0 Å². The Balaban J connectivity index is 1.59. The number of methoxy groups -OCH3 is 1. The highest BCUT2D eigenvalue weighted by molar-refractivity contribution is 7.98. The van der Waals surface area contributed by atoms with Crippen LogP contribution in [0, 0.1) is 0 Å². The molecule has 0 radical (unpaired) electrons. The van der Waals surface area contributed by atoms with Crippen LogP contribution in [0.1, 0.15) is 12.0 Å². The quantitative estimate of drug-likeness (QED) is 0.287. The molecule has 0 fully saturated rings. The molecule has 31 heavy (non-hydrogen) atoms. The van der Waals surface area contributed by atoms with E-state index in [1.807, 2.05) is 47.0 Å². The Labute approximate surface area is 182 Å². The minimum Gasteiger partial charge on any atom is -0.385 e. The third-order valence-corrected chi connectivity index (χ3v) is 6.26.